The summed E-state index contributed by atoms with van der Waals surface area (Å²) in [5.74, 6) is 1.13. The summed E-state index contributed by atoms with van der Waals surface area (Å²) in [6.07, 6.45) is 6.38. The number of hydrogen-bond donors (Lipinski definition) is 0. The molecule has 4 heterocycles. The Morgan fingerprint density at radius 3 is 2.96 bits per heavy atom. The molecule has 3 aromatic heterocycles. The molecule has 4 rings (SSSR count). The third kappa shape index (κ3) is 2.77. The zero-order valence-electron chi connectivity index (χ0n) is 15.3. The first kappa shape index (κ1) is 16.8. The van der Waals surface area contributed by atoms with Crippen molar-refractivity contribution in [3.05, 3.63) is 42.1 Å². The third-order valence-corrected chi connectivity index (χ3v) is 5.05. The van der Waals surface area contributed by atoms with Gasteiger partial charge in [0.15, 0.2) is 5.65 Å². The summed E-state index contributed by atoms with van der Waals surface area (Å²) in [5, 5.41) is 4.22. The summed E-state index contributed by atoms with van der Waals surface area (Å²) < 4.78 is 4.01. The van der Waals surface area contributed by atoms with Crippen molar-refractivity contribution in [3.63, 3.8) is 0 Å². The fraction of sp³-hybridized carbons (Fsp3) is 0.474. The van der Waals surface area contributed by atoms with Crippen LogP contribution in [0.3, 0.4) is 0 Å². The average Bonchev–Trinajstić information content (AvgIpc) is 3.38. The number of nitrogens with zero attached hydrogens (tertiary/aromatic N) is 6. The predicted octanol–water partition coefficient (Wildman–Crippen LogP) is 2.69. The van der Waals surface area contributed by atoms with Crippen molar-refractivity contribution in [1.82, 2.24) is 29.2 Å². The van der Waals surface area contributed by atoms with Gasteiger partial charge < -0.3 is 9.47 Å². The average molecular weight is 352 g/mol. The van der Waals surface area contributed by atoms with Crippen LogP contribution in [0.4, 0.5) is 0 Å². The SMILES string of the molecule is CCCc1nc2cccnc2n1[C@H]1CCN(C(=O)c2ccnn2CC)C1. The van der Waals surface area contributed by atoms with Gasteiger partial charge in [-0.3, -0.25) is 9.48 Å². The minimum Gasteiger partial charge on any atom is -0.335 e. The molecule has 1 atom stereocenters. The molecule has 0 saturated carbocycles. The Balaban J connectivity index is 1.62. The molecule has 0 unspecified atom stereocenters. The predicted molar refractivity (Wildman–Crippen MR) is 99.0 cm³/mol. The monoisotopic (exact) mass is 352 g/mol. The zero-order chi connectivity index (χ0) is 18.1. The lowest BCUT2D eigenvalue weighted by atomic mass is 10.2. The van der Waals surface area contributed by atoms with Crippen molar-refractivity contribution in [3.8, 4) is 0 Å². The van der Waals surface area contributed by atoms with Gasteiger partial charge in [-0.2, -0.15) is 5.10 Å². The van der Waals surface area contributed by atoms with Crippen LogP contribution in [-0.4, -0.2) is 48.2 Å². The van der Waals surface area contributed by atoms with Crippen LogP contribution in [0, 0.1) is 0 Å². The van der Waals surface area contributed by atoms with Gasteiger partial charge in [-0.05, 0) is 38.0 Å². The van der Waals surface area contributed by atoms with Crippen molar-refractivity contribution < 1.29 is 4.79 Å². The summed E-state index contributed by atoms with van der Waals surface area (Å²) in [6.45, 7) is 6.29. The zero-order valence-corrected chi connectivity index (χ0v) is 15.3. The summed E-state index contributed by atoms with van der Waals surface area (Å²) in [5.41, 5.74) is 2.52. The lowest BCUT2D eigenvalue weighted by molar-refractivity contribution is 0.0775. The van der Waals surface area contributed by atoms with E-state index in [1.807, 2.05) is 30.2 Å². The van der Waals surface area contributed by atoms with Gasteiger partial charge in [0, 0.05) is 38.4 Å². The maximum absolute atomic E-state index is 12.9. The minimum atomic E-state index is 0.0567. The van der Waals surface area contributed by atoms with E-state index in [2.05, 4.69) is 21.6 Å². The quantitative estimate of drug-likeness (QED) is 0.708. The van der Waals surface area contributed by atoms with Crippen molar-refractivity contribution in [2.24, 2.45) is 0 Å². The number of rotatable bonds is 5. The van der Waals surface area contributed by atoms with E-state index >= 15 is 0 Å². The number of likely N-dealkylation sites (tertiary alicyclic amines) is 1. The van der Waals surface area contributed by atoms with Crippen LogP contribution in [0.1, 0.15) is 49.0 Å². The number of hydrogen-bond acceptors (Lipinski definition) is 4. The second kappa shape index (κ2) is 6.90. The lowest BCUT2D eigenvalue weighted by Crippen LogP contribution is -2.31. The van der Waals surface area contributed by atoms with Crippen LogP contribution < -0.4 is 0 Å². The fourth-order valence-electron chi connectivity index (χ4n) is 3.83. The number of carbonyl (C=O) groups is 1. The van der Waals surface area contributed by atoms with E-state index in [0.717, 1.165) is 42.8 Å². The molecule has 26 heavy (non-hydrogen) atoms. The molecular formula is C19H24N6O. The first-order chi connectivity index (χ1) is 12.7. The topological polar surface area (TPSA) is 68.8 Å². The number of fused-ring (bicyclic) bond motifs is 1. The molecule has 7 heteroatoms. The second-order valence-corrected chi connectivity index (χ2v) is 6.72. The molecule has 1 saturated heterocycles. The molecule has 0 N–H and O–H groups in total. The van der Waals surface area contributed by atoms with Gasteiger partial charge in [0.2, 0.25) is 0 Å². The van der Waals surface area contributed by atoms with Gasteiger partial charge in [0.25, 0.3) is 5.91 Å². The van der Waals surface area contributed by atoms with Crippen molar-refractivity contribution >= 4 is 17.1 Å². The maximum atomic E-state index is 12.9. The minimum absolute atomic E-state index is 0.0567. The molecule has 1 amide bonds. The summed E-state index contributed by atoms with van der Waals surface area (Å²) >= 11 is 0. The van der Waals surface area contributed by atoms with Crippen LogP contribution in [-0.2, 0) is 13.0 Å². The van der Waals surface area contributed by atoms with E-state index < -0.39 is 0 Å². The highest BCUT2D eigenvalue weighted by atomic mass is 16.2. The highest BCUT2D eigenvalue weighted by Crippen LogP contribution is 2.28. The van der Waals surface area contributed by atoms with Gasteiger partial charge in [-0.1, -0.05) is 6.92 Å². The van der Waals surface area contributed by atoms with Crippen LogP contribution in [0.2, 0.25) is 0 Å². The Morgan fingerprint density at radius 2 is 2.15 bits per heavy atom. The fourth-order valence-corrected chi connectivity index (χ4v) is 3.83. The van der Waals surface area contributed by atoms with E-state index in [-0.39, 0.29) is 11.9 Å². The molecule has 0 spiro atoms. The van der Waals surface area contributed by atoms with Crippen LogP contribution >= 0.6 is 0 Å². The van der Waals surface area contributed by atoms with E-state index in [1.54, 1.807) is 16.9 Å². The molecule has 7 nitrogen and oxygen atoms in total. The normalized spacial score (nSPS) is 17.3. The number of aryl methyl sites for hydroxylation is 2. The number of amides is 1. The van der Waals surface area contributed by atoms with Gasteiger partial charge in [0.05, 0.1) is 6.04 Å². The van der Waals surface area contributed by atoms with E-state index in [4.69, 9.17) is 4.98 Å². The second-order valence-electron chi connectivity index (χ2n) is 6.72. The smallest absolute Gasteiger partial charge is 0.272 e. The molecule has 0 bridgehead atoms. The highest BCUT2D eigenvalue weighted by molar-refractivity contribution is 5.92. The Hall–Kier alpha value is -2.70. The van der Waals surface area contributed by atoms with Crippen LogP contribution in [0.5, 0.6) is 0 Å². The molecule has 0 aromatic carbocycles. The Morgan fingerprint density at radius 1 is 1.27 bits per heavy atom. The van der Waals surface area contributed by atoms with Gasteiger partial charge in [-0.15, -0.1) is 0 Å². The standard InChI is InChI=1S/C19H24N6O/c1-3-6-17-22-15-7-5-10-20-18(15)25(17)14-9-12-23(13-14)19(26)16-8-11-21-24(16)4-2/h5,7-8,10-11,14H,3-4,6,9,12-13H2,1-2H3/t14-/m0/s1. The Bertz CT molecular complexity index is 927. The van der Waals surface area contributed by atoms with E-state index in [1.165, 1.54) is 0 Å². The van der Waals surface area contributed by atoms with E-state index in [9.17, 15) is 4.79 Å². The van der Waals surface area contributed by atoms with E-state index in [0.29, 0.717) is 18.8 Å². The first-order valence-electron chi connectivity index (χ1n) is 9.35. The number of aromatic nitrogens is 5. The van der Waals surface area contributed by atoms with Crippen molar-refractivity contribution in [1.29, 1.82) is 0 Å². The summed E-state index contributed by atoms with van der Waals surface area (Å²) in [7, 11) is 0. The molecule has 136 valence electrons. The van der Waals surface area contributed by atoms with Gasteiger partial charge >= 0.3 is 0 Å². The Labute approximate surface area is 152 Å². The summed E-state index contributed by atoms with van der Waals surface area (Å²) in [4.78, 5) is 24.2. The molecular weight excluding hydrogens is 328 g/mol. The molecule has 1 aliphatic heterocycles. The van der Waals surface area contributed by atoms with Crippen LogP contribution in [0.25, 0.3) is 11.2 Å². The largest absolute Gasteiger partial charge is 0.335 e. The lowest BCUT2D eigenvalue weighted by Gasteiger charge is -2.19. The number of carbonyl (C=O) groups excluding carboxylic acids is 1. The molecule has 0 radical (unpaired) electrons. The van der Waals surface area contributed by atoms with Gasteiger partial charge in [-0.25, -0.2) is 9.97 Å². The molecule has 1 fully saturated rings. The van der Waals surface area contributed by atoms with Crippen molar-refractivity contribution in [2.45, 2.75) is 45.7 Å². The van der Waals surface area contributed by atoms with Gasteiger partial charge in [0.1, 0.15) is 17.0 Å². The molecule has 1 aliphatic rings. The third-order valence-electron chi connectivity index (χ3n) is 5.05. The molecule has 3 aromatic rings. The first-order valence-corrected chi connectivity index (χ1v) is 9.35. The van der Waals surface area contributed by atoms with Crippen molar-refractivity contribution in [2.75, 3.05) is 13.1 Å². The highest BCUT2D eigenvalue weighted by Gasteiger charge is 2.31. The Kier molecular flexibility index (Phi) is 4.44. The maximum Gasteiger partial charge on any atom is 0.272 e. The molecule has 0 aliphatic carbocycles. The summed E-state index contributed by atoms with van der Waals surface area (Å²) in [6, 6.07) is 5.95. The van der Waals surface area contributed by atoms with Crippen LogP contribution in [0.15, 0.2) is 30.6 Å². The number of pyridine rings is 1. The number of imidazole rings is 1.